The highest BCUT2D eigenvalue weighted by atomic mass is 127. The van der Waals surface area contributed by atoms with E-state index in [1.165, 1.54) is 5.56 Å². The number of rotatable bonds is 7. The summed E-state index contributed by atoms with van der Waals surface area (Å²) in [5.41, 5.74) is 1.89. The van der Waals surface area contributed by atoms with Crippen LogP contribution in [0.25, 0.3) is 0 Å². The first-order valence-corrected chi connectivity index (χ1v) is 8.53. The van der Waals surface area contributed by atoms with E-state index in [2.05, 4.69) is 34.0 Å². The molecule has 0 heterocycles. The summed E-state index contributed by atoms with van der Waals surface area (Å²) >= 11 is 2.23. The van der Waals surface area contributed by atoms with Crippen molar-refractivity contribution in [2.75, 3.05) is 13.2 Å². The maximum atomic E-state index is 12.0. The smallest absolute Gasteiger partial charge is 0.251 e. The van der Waals surface area contributed by atoms with Crippen molar-refractivity contribution in [2.24, 2.45) is 0 Å². The summed E-state index contributed by atoms with van der Waals surface area (Å²) in [6.07, 6.45) is 1.78. The molecule has 4 heteroatoms. The first-order chi connectivity index (χ1) is 10.7. The molecule has 22 heavy (non-hydrogen) atoms. The SMILES string of the molecule is CCOc1ccccc1CCCNC(=O)c1ccc(I)cc1. The zero-order valence-electron chi connectivity index (χ0n) is 12.6. The Kier molecular flexibility index (Phi) is 6.71. The van der Waals surface area contributed by atoms with Gasteiger partial charge in [0.25, 0.3) is 5.91 Å². The molecular weight excluding hydrogens is 389 g/mol. The van der Waals surface area contributed by atoms with Crippen LogP contribution in [0.4, 0.5) is 0 Å². The summed E-state index contributed by atoms with van der Waals surface area (Å²) in [6, 6.07) is 15.6. The lowest BCUT2D eigenvalue weighted by Gasteiger charge is -2.10. The molecule has 0 bridgehead atoms. The van der Waals surface area contributed by atoms with Crippen molar-refractivity contribution >= 4 is 28.5 Å². The zero-order valence-corrected chi connectivity index (χ0v) is 14.8. The Balaban J connectivity index is 1.79. The molecule has 0 radical (unpaired) electrons. The van der Waals surface area contributed by atoms with Gasteiger partial charge in [-0.1, -0.05) is 18.2 Å². The van der Waals surface area contributed by atoms with E-state index < -0.39 is 0 Å². The van der Waals surface area contributed by atoms with Crippen LogP contribution in [0, 0.1) is 3.57 Å². The third kappa shape index (κ3) is 5.02. The van der Waals surface area contributed by atoms with Gasteiger partial charge in [-0.3, -0.25) is 4.79 Å². The van der Waals surface area contributed by atoms with E-state index >= 15 is 0 Å². The van der Waals surface area contributed by atoms with E-state index in [9.17, 15) is 4.79 Å². The van der Waals surface area contributed by atoms with Crippen LogP contribution in [-0.4, -0.2) is 19.1 Å². The fraction of sp³-hybridized carbons (Fsp3) is 0.278. The number of hydrogen-bond acceptors (Lipinski definition) is 2. The van der Waals surface area contributed by atoms with Gasteiger partial charge in [0.1, 0.15) is 5.75 Å². The molecule has 1 amide bonds. The van der Waals surface area contributed by atoms with Crippen molar-refractivity contribution in [2.45, 2.75) is 19.8 Å². The van der Waals surface area contributed by atoms with Crippen LogP contribution >= 0.6 is 22.6 Å². The van der Waals surface area contributed by atoms with Crippen molar-refractivity contribution in [3.8, 4) is 5.75 Å². The first kappa shape index (κ1) is 16.8. The molecule has 0 unspecified atom stereocenters. The lowest BCUT2D eigenvalue weighted by atomic mass is 10.1. The van der Waals surface area contributed by atoms with Crippen molar-refractivity contribution in [1.29, 1.82) is 0 Å². The van der Waals surface area contributed by atoms with Gasteiger partial charge in [-0.15, -0.1) is 0 Å². The second-order valence-corrected chi connectivity index (χ2v) is 6.15. The summed E-state index contributed by atoms with van der Waals surface area (Å²) in [5.74, 6) is 0.920. The number of carbonyl (C=O) groups is 1. The lowest BCUT2D eigenvalue weighted by Crippen LogP contribution is -2.24. The molecule has 0 saturated carbocycles. The molecule has 2 rings (SSSR count). The second-order valence-electron chi connectivity index (χ2n) is 4.91. The number of hydrogen-bond donors (Lipinski definition) is 1. The minimum absolute atomic E-state index is 0.0190. The van der Waals surface area contributed by atoms with Gasteiger partial charge in [0.05, 0.1) is 6.61 Å². The number of halogens is 1. The van der Waals surface area contributed by atoms with Crippen LogP contribution in [0.1, 0.15) is 29.3 Å². The number of para-hydroxylation sites is 1. The molecule has 2 aromatic rings. The molecule has 0 saturated heterocycles. The zero-order chi connectivity index (χ0) is 15.8. The molecular formula is C18H20INO2. The number of nitrogens with one attached hydrogen (secondary N) is 1. The number of ether oxygens (including phenoxy) is 1. The Morgan fingerprint density at radius 2 is 1.86 bits per heavy atom. The highest BCUT2D eigenvalue weighted by molar-refractivity contribution is 14.1. The van der Waals surface area contributed by atoms with Gasteiger partial charge in [-0.2, -0.15) is 0 Å². The molecule has 0 atom stereocenters. The van der Waals surface area contributed by atoms with Gasteiger partial charge in [0, 0.05) is 15.7 Å². The van der Waals surface area contributed by atoms with E-state index in [-0.39, 0.29) is 5.91 Å². The van der Waals surface area contributed by atoms with Crippen molar-refractivity contribution in [3.63, 3.8) is 0 Å². The molecule has 0 aliphatic heterocycles. The van der Waals surface area contributed by atoms with Crippen LogP contribution in [-0.2, 0) is 6.42 Å². The third-order valence-corrected chi connectivity index (χ3v) is 4.01. The Labute approximate surface area is 145 Å². The van der Waals surface area contributed by atoms with Gasteiger partial charge >= 0.3 is 0 Å². The fourth-order valence-electron chi connectivity index (χ4n) is 2.19. The monoisotopic (exact) mass is 409 g/mol. The van der Waals surface area contributed by atoms with Crippen LogP contribution in [0.3, 0.4) is 0 Å². The summed E-state index contributed by atoms with van der Waals surface area (Å²) in [5, 5.41) is 2.96. The maximum absolute atomic E-state index is 12.0. The standard InChI is InChI=1S/C18H20INO2/c1-2-22-17-8-4-3-6-14(17)7-5-13-20-18(21)15-9-11-16(19)12-10-15/h3-4,6,8-12H,2,5,7,13H2,1H3,(H,20,21). The minimum atomic E-state index is -0.0190. The predicted octanol–water partition coefficient (Wildman–Crippen LogP) is 4.05. The molecule has 0 aliphatic rings. The third-order valence-electron chi connectivity index (χ3n) is 3.29. The van der Waals surface area contributed by atoms with Crippen molar-refractivity contribution in [3.05, 3.63) is 63.2 Å². The van der Waals surface area contributed by atoms with E-state index in [4.69, 9.17) is 4.74 Å². The minimum Gasteiger partial charge on any atom is -0.494 e. The number of amides is 1. The summed E-state index contributed by atoms with van der Waals surface area (Å²) in [7, 11) is 0. The summed E-state index contributed by atoms with van der Waals surface area (Å²) in [6.45, 7) is 3.31. The average molecular weight is 409 g/mol. The van der Waals surface area contributed by atoms with Crippen LogP contribution in [0.5, 0.6) is 5.75 Å². The van der Waals surface area contributed by atoms with Crippen molar-refractivity contribution < 1.29 is 9.53 Å². The number of benzene rings is 2. The lowest BCUT2D eigenvalue weighted by molar-refractivity contribution is 0.0953. The molecule has 3 nitrogen and oxygen atoms in total. The number of aryl methyl sites for hydroxylation is 1. The van der Waals surface area contributed by atoms with Crippen LogP contribution < -0.4 is 10.1 Å². The number of carbonyl (C=O) groups excluding carboxylic acids is 1. The molecule has 0 aliphatic carbocycles. The van der Waals surface area contributed by atoms with Gasteiger partial charge in [-0.25, -0.2) is 0 Å². The molecule has 0 fully saturated rings. The van der Waals surface area contributed by atoms with E-state index in [1.807, 2.05) is 49.4 Å². The highest BCUT2D eigenvalue weighted by Crippen LogP contribution is 2.19. The quantitative estimate of drug-likeness (QED) is 0.554. The Bertz CT molecular complexity index is 611. The van der Waals surface area contributed by atoms with E-state index in [0.717, 1.165) is 22.2 Å². The van der Waals surface area contributed by atoms with E-state index in [1.54, 1.807) is 0 Å². The first-order valence-electron chi connectivity index (χ1n) is 7.45. The maximum Gasteiger partial charge on any atom is 0.251 e. The van der Waals surface area contributed by atoms with Gasteiger partial charge in [-0.05, 0) is 78.3 Å². The molecule has 116 valence electrons. The Morgan fingerprint density at radius 3 is 2.59 bits per heavy atom. The topological polar surface area (TPSA) is 38.3 Å². The van der Waals surface area contributed by atoms with Gasteiger partial charge < -0.3 is 10.1 Å². The molecule has 0 aromatic heterocycles. The van der Waals surface area contributed by atoms with E-state index in [0.29, 0.717) is 18.7 Å². The summed E-state index contributed by atoms with van der Waals surface area (Å²) < 4.78 is 6.73. The summed E-state index contributed by atoms with van der Waals surface area (Å²) in [4.78, 5) is 12.0. The van der Waals surface area contributed by atoms with Crippen LogP contribution in [0.15, 0.2) is 48.5 Å². The highest BCUT2D eigenvalue weighted by Gasteiger charge is 2.05. The average Bonchev–Trinajstić information content (AvgIpc) is 2.53. The molecule has 0 spiro atoms. The Morgan fingerprint density at radius 1 is 1.14 bits per heavy atom. The predicted molar refractivity (Wildman–Crippen MR) is 97.4 cm³/mol. The van der Waals surface area contributed by atoms with Gasteiger partial charge in [0.15, 0.2) is 0 Å². The Hall–Kier alpha value is -1.56. The second kappa shape index (κ2) is 8.78. The fourth-order valence-corrected chi connectivity index (χ4v) is 2.55. The molecule has 2 aromatic carbocycles. The van der Waals surface area contributed by atoms with Gasteiger partial charge in [0.2, 0.25) is 0 Å². The normalized spacial score (nSPS) is 10.3. The van der Waals surface area contributed by atoms with Crippen LogP contribution in [0.2, 0.25) is 0 Å². The van der Waals surface area contributed by atoms with Crippen molar-refractivity contribution in [1.82, 2.24) is 5.32 Å². The molecule has 1 N–H and O–H groups in total. The largest absolute Gasteiger partial charge is 0.494 e.